The third-order valence-corrected chi connectivity index (χ3v) is 4.45. The van der Waals surface area contributed by atoms with Gasteiger partial charge in [-0.25, -0.2) is 9.78 Å². The average molecular weight is 281 g/mol. The number of hydrogen-bond donors (Lipinski definition) is 1. The normalized spacial score (nSPS) is 11.1. The highest BCUT2D eigenvalue weighted by atomic mass is 32.1. The second-order valence-corrected chi connectivity index (χ2v) is 6.42. The first-order valence-corrected chi connectivity index (χ1v) is 7.59. The third-order valence-electron chi connectivity index (χ3n) is 2.59. The molecule has 2 aromatic rings. The van der Waals surface area contributed by atoms with E-state index in [9.17, 15) is 4.79 Å². The van der Waals surface area contributed by atoms with Crippen LogP contribution in [0.2, 0.25) is 0 Å². The van der Waals surface area contributed by atoms with Gasteiger partial charge in [0.25, 0.3) is 0 Å². The van der Waals surface area contributed by atoms with Gasteiger partial charge >= 0.3 is 5.97 Å². The molecule has 0 bridgehead atoms. The number of aromatic carboxylic acids is 1. The summed E-state index contributed by atoms with van der Waals surface area (Å²) in [6.07, 6.45) is 2.14. The Labute approximate surface area is 114 Å². The lowest BCUT2D eigenvalue weighted by molar-refractivity contribution is 0.0697. The van der Waals surface area contributed by atoms with E-state index in [1.165, 1.54) is 11.3 Å². The highest BCUT2D eigenvalue weighted by Crippen LogP contribution is 2.29. The van der Waals surface area contributed by atoms with Crippen LogP contribution in [0.4, 0.5) is 0 Å². The van der Waals surface area contributed by atoms with E-state index in [0.717, 1.165) is 28.4 Å². The highest BCUT2D eigenvalue weighted by molar-refractivity contribution is 7.14. The van der Waals surface area contributed by atoms with Crippen molar-refractivity contribution in [2.45, 2.75) is 26.7 Å². The maximum atomic E-state index is 10.8. The molecule has 96 valence electrons. The Bertz CT molecular complexity index is 543. The molecule has 2 rings (SSSR count). The minimum atomic E-state index is -0.882. The van der Waals surface area contributed by atoms with Crippen LogP contribution in [0.3, 0.4) is 0 Å². The molecule has 0 aliphatic carbocycles. The number of thiazole rings is 1. The second-order valence-electron chi connectivity index (χ2n) is 4.56. The molecule has 2 heterocycles. The lowest BCUT2D eigenvalue weighted by atomic mass is 10.1. The lowest BCUT2D eigenvalue weighted by Gasteiger charge is -2.00. The standard InChI is InChI=1S/C13H15NO2S2/c1-8(2)3-4-12-14-10(7-18-12)11-5-9(6-17-11)13(15)16/h5-8H,3-4H2,1-2H3,(H,15,16). The minimum Gasteiger partial charge on any atom is -0.478 e. The van der Waals surface area contributed by atoms with E-state index in [0.29, 0.717) is 11.5 Å². The monoisotopic (exact) mass is 281 g/mol. The van der Waals surface area contributed by atoms with Crippen molar-refractivity contribution in [3.63, 3.8) is 0 Å². The van der Waals surface area contributed by atoms with Crippen LogP contribution in [0.1, 0.15) is 35.6 Å². The molecule has 0 atom stereocenters. The molecule has 1 N–H and O–H groups in total. The summed E-state index contributed by atoms with van der Waals surface area (Å²) in [5.74, 6) is -0.203. The van der Waals surface area contributed by atoms with Gasteiger partial charge in [0.2, 0.25) is 0 Å². The Morgan fingerprint density at radius 1 is 1.39 bits per heavy atom. The molecule has 0 amide bonds. The first-order chi connectivity index (χ1) is 8.56. The summed E-state index contributed by atoms with van der Waals surface area (Å²) in [5.41, 5.74) is 1.24. The largest absolute Gasteiger partial charge is 0.478 e. The van der Waals surface area contributed by atoms with Crippen LogP contribution in [0.25, 0.3) is 10.6 Å². The second kappa shape index (κ2) is 5.63. The number of carboxylic acid groups (broad SMARTS) is 1. The number of aryl methyl sites for hydroxylation is 1. The molecule has 0 radical (unpaired) electrons. The maximum absolute atomic E-state index is 10.8. The van der Waals surface area contributed by atoms with Crippen LogP contribution in [-0.4, -0.2) is 16.1 Å². The number of hydrogen-bond acceptors (Lipinski definition) is 4. The predicted octanol–water partition coefficient (Wildman–Crippen LogP) is 4.16. The van der Waals surface area contributed by atoms with Crippen LogP contribution in [0, 0.1) is 5.92 Å². The first kappa shape index (κ1) is 13.2. The molecule has 0 aromatic carbocycles. The van der Waals surface area contributed by atoms with E-state index in [4.69, 9.17) is 5.11 Å². The number of thiophene rings is 1. The molecule has 0 fully saturated rings. The lowest BCUT2D eigenvalue weighted by Crippen LogP contribution is -1.92. The fraction of sp³-hybridized carbons (Fsp3) is 0.385. The van der Waals surface area contributed by atoms with Crippen LogP contribution in [0.5, 0.6) is 0 Å². The van der Waals surface area contributed by atoms with Gasteiger partial charge in [-0.2, -0.15) is 0 Å². The van der Waals surface area contributed by atoms with Crippen LogP contribution < -0.4 is 0 Å². The zero-order valence-electron chi connectivity index (χ0n) is 10.3. The fourth-order valence-corrected chi connectivity index (χ4v) is 3.27. The van der Waals surface area contributed by atoms with Crippen molar-refractivity contribution in [2.75, 3.05) is 0 Å². The van der Waals surface area contributed by atoms with Gasteiger partial charge in [-0.3, -0.25) is 0 Å². The Kier molecular flexibility index (Phi) is 4.14. The van der Waals surface area contributed by atoms with E-state index < -0.39 is 5.97 Å². The van der Waals surface area contributed by atoms with E-state index >= 15 is 0 Å². The van der Waals surface area contributed by atoms with Crippen molar-refractivity contribution in [1.82, 2.24) is 4.98 Å². The number of carboxylic acids is 1. The Morgan fingerprint density at radius 2 is 2.17 bits per heavy atom. The summed E-state index contributed by atoms with van der Waals surface area (Å²) in [4.78, 5) is 16.3. The molecule has 2 aromatic heterocycles. The van der Waals surface area contributed by atoms with Gasteiger partial charge < -0.3 is 5.11 Å². The van der Waals surface area contributed by atoms with Gasteiger partial charge in [0.05, 0.1) is 21.1 Å². The number of nitrogens with zero attached hydrogens (tertiary/aromatic N) is 1. The molecular formula is C13H15NO2S2. The maximum Gasteiger partial charge on any atom is 0.336 e. The van der Waals surface area contributed by atoms with Crippen molar-refractivity contribution in [3.8, 4) is 10.6 Å². The molecule has 0 aliphatic rings. The summed E-state index contributed by atoms with van der Waals surface area (Å²) < 4.78 is 0. The molecule has 0 spiro atoms. The third kappa shape index (κ3) is 3.17. The summed E-state index contributed by atoms with van der Waals surface area (Å²) >= 11 is 3.08. The van der Waals surface area contributed by atoms with Crippen molar-refractivity contribution in [2.24, 2.45) is 5.92 Å². The summed E-state index contributed by atoms with van der Waals surface area (Å²) in [6, 6.07) is 1.69. The molecular weight excluding hydrogens is 266 g/mol. The van der Waals surface area contributed by atoms with Gasteiger partial charge in [0, 0.05) is 10.8 Å². The van der Waals surface area contributed by atoms with Crippen LogP contribution >= 0.6 is 22.7 Å². The van der Waals surface area contributed by atoms with Gasteiger partial charge in [-0.05, 0) is 24.8 Å². The molecule has 0 saturated heterocycles. The van der Waals surface area contributed by atoms with E-state index in [1.54, 1.807) is 22.8 Å². The van der Waals surface area contributed by atoms with Crippen LogP contribution in [-0.2, 0) is 6.42 Å². The number of rotatable bonds is 5. The van der Waals surface area contributed by atoms with Gasteiger partial charge in [0.15, 0.2) is 0 Å². The number of aromatic nitrogens is 1. The number of carbonyl (C=O) groups is 1. The fourth-order valence-electron chi connectivity index (χ4n) is 1.53. The van der Waals surface area contributed by atoms with Gasteiger partial charge in [-0.1, -0.05) is 13.8 Å². The Morgan fingerprint density at radius 3 is 2.78 bits per heavy atom. The SMILES string of the molecule is CC(C)CCc1nc(-c2cc(C(=O)O)cs2)cs1. The summed E-state index contributed by atoms with van der Waals surface area (Å²) in [7, 11) is 0. The highest BCUT2D eigenvalue weighted by Gasteiger charge is 2.11. The summed E-state index contributed by atoms with van der Waals surface area (Å²) in [6.45, 7) is 4.40. The molecule has 3 nitrogen and oxygen atoms in total. The molecule has 0 saturated carbocycles. The van der Waals surface area contributed by atoms with Crippen LogP contribution in [0.15, 0.2) is 16.8 Å². The molecule has 18 heavy (non-hydrogen) atoms. The average Bonchev–Trinajstić information content (AvgIpc) is 2.95. The zero-order valence-corrected chi connectivity index (χ0v) is 12.0. The molecule has 0 aliphatic heterocycles. The predicted molar refractivity (Wildman–Crippen MR) is 75.5 cm³/mol. The molecule has 5 heteroatoms. The van der Waals surface area contributed by atoms with Gasteiger partial charge in [0.1, 0.15) is 0 Å². The van der Waals surface area contributed by atoms with E-state index in [1.807, 2.05) is 5.38 Å². The Balaban J connectivity index is 2.11. The Hall–Kier alpha value is -1.20. The van der Waals surface area contributed by atoms with E-state index in [2.05, 4.69) is 18.8 Å². The van der Waals surface area contributed by atoms with Crippen molar-refractivity contribution < 1.29 is 9.90 Å². The summed E-state index contributed by atoms with van der Waals surface area (Å²) in [5, 5.41) is 13.7. The van der Waals surface area contributed by atoms with Crippen molar-refractivity contribution >= 4 is 28.6 Å². The quantitative estimate of drug-likeness (QED) is 0.895. The van der Waals surface area contributed by atoms with Crippen molar-refractivity contribution in [3.05, 3.63) is 27.4 Å². The molecule has 0 unspecified atom stereocenters. The minimum absolute atomic E-state index is 0.340. The first-order valence-electron chi connectivity index (χ1n) is 5.83. The van der Waals surface area contributed by atoms with E-state index in [-0.39, 0.29) is 0 Å². The topological polar surface area (TPSA) is 50.2 Å². The zero-order chi connectivity index (χ0) is 13.1. The van der Waals surface area contributed by atoms with Crippen molar-refractivity contribution in [1.29, 1.82) is 0 Å². The smallest absolute Gasteiger partial charge is 0.336 e. The van der Waals surface area contributed by atoms with Gasteiger partial charge in [-0.15, -0.1) is 22.7 Å².